The van der Waals surface area contributed by atoms with Crippen LogP contribution in [0.5, 0.6) is 0 Å². The largest absolute Gasteiger partial charge is 0.377 e. The smallest absolute Gasteiger partial charge is 0.0700 e. The van der Waals surface area contributed by atoms with Gasteiger partial charge in [-0.2, -0.15) is 0 Å². The highest BCUT2D eigenvalue weighted by atomic mass is 16.5. The zero-order valence-electron chi connectivity index (χ0n) is 8.22. The Kier molecular flexibility index (Phi) is 2.86. The molecule has 3 nitrogen and oxygen atoms in total. The Morgan fingerprint density at radius 2 is 2.23 bits per heavy atom. The fourth-order valence-corrected chi connectivity index (χ4v) is 2.19. The van der Waals surface area contributed by atoms with Gasteiger partial charge in [-0.1, -0.05) is 0 Å². The van der Waals surface area contributed by atoms with E-state index in [2.05, 4.69) is 5.32 Å². The van der Waals surface area contributed by atoms with Gasteiger partial charge in [0.2, 0.25) is 0 Å². The van der Waals surface area contributed by atoms with Gasteiger partial charge in [-0.25, -0.2) is 0 Å². The Labute approximate surface area is 80.0 Å². The van der Waals surface area contributed by atoms with Crippen LogP contribution in [-0.4, -0.2) is 31.3 Å². The quantitative estimate of drug-likeness (QED) is 0.674. The summed E-state index contributed by atoms with van der Waals surface area (Å²) in [5.74, 6) is 0. The lowest BCUT2D eigenvalue weighted by Gasteiger charge is -2.42. The molecule has 0 amide bonds. The molecule has 0 bridgehead atoms. The second-order valence-electron chi connectivity index (χ2n) is 4.35. The Hall–Kier alpha value is -0.120. The van der Waals surface area contributed by atoms with Gasteiger partial charge in [0.1, 0.15) is 0 Å². The molecule has 0 radical (unpaired) electrons. The summed E-state index contributed by atoms with van der Waals surface area (Å²) in [4.78, 5) is 0. The first-order valence-electron chi connectivity index (χ1n) is 5.41. The van der Waals surface area contributed by atoms with E-state index in [1.807, 2.05) is 0 Å². The zero-order valence-corrected chi connectivity index (χ0v) is 8.22. The first kappa shape index (κ1) is 9.44. The minimum Gasteiger partial charge on any atom is -0.377 e. The maximum absolute atomic E-state index is 5.75. The van der Waals surface area contributed by atoms with Crippen LogP contribution < -0.4 is 11.1 Å². The number of ether oxygens (including phenoxy) is 1. The van der Waals surface area contributed by atoms with E-state index < -0.39 is 0 Å². The maximum Gasteiger partial charge on any atom is 0.0700 e. The van der Waals surface area contributed by atoms with Crippen LogP contribution >= 0.6 is 0 Å². The molecule has 2 fully saturated rings. The van der Waals surface area contributed by atoms with E-state index >= 15 is 0 Å². The molecule has 0 aromatic heterocycles. The van der Waals surface area contributed by atoms with Crippen molar-refractivity contribution in [1.82, 2.24) is 5.32 Å². The molecule has 0 aromatic rings. The molecule has 1 aliphatic carbocycles. The average molecular weight is 184 g/mol. The molecule has 0 aromatic carbocycles. The fraction of sp³-hybridized carbons (Fsp3) is 1.00. The molecule has 1 atom stereocenters. The first-order chi connectivity index (χ1) is 6.35. The van der Waals surface area contributed by atoms with Gasteiger partial charge < -0.3 is 15.8 Å². The highest BCUT2D eigenvalue weighted by molar-refractivity contribution is 4.97. The van der Waals surface area contributed by atoms with Crippen LogP contribution in [0.15, 0.2) is 0 Å². The van der Waals surface area contributed by atoms with Crippen molar-refractivity contribution >= 4 is 0 Å². The summed E-state index contributed by atoms with van der Waals surface area (Å²) in [7, 11) is 0. The van der Waals surface area contributed by atoms with Crippen molar-refractivity contribution < 1.29 is 4.74 Å². The first-order valence-corrected chi connectivity index (χ1v) is 5.41. The Morgan fingerprint density at radius 3 is 2.69 bits per heavy atom. The van der Waals surface area contributed by atoms with E-state index in [1.54, 1.807) is 0 Å². The van der Waals surface area contributed by atoms with Crippen molar-refractivity contribution in [3.63, 3.8) is 0 Å². The lowest BCUT2D eigenvalue weighted by molar-refractivity contribution is 0.0884. The summed E-state index contributed by atoms with van der Waals surface area (Å²) in [6, 6.07) is 0. The second kappa shape index (κ2) is 3.95. The SMILES string of the molecule is NCC1(NCC2CCCO2)CCC1. The number of rotatable bonds is 4. The van der Waals surface area contributed by atoms with E-state index in [1.165, 1.54) is 32.1 Å². The van der Waals surface area contributed by atoms with Crippen LogP contribution in [0.2, 0.25) is 0 Å². The minimum absolute atomic E-state index is 0.270. The number of nitrogens with two attached hydrogens (primary N) is 1. The molecule has 3 N–H and O–H groups in total. The molecule has 1 saturated carbocycles. The normalized spacial score (nSPS) is 31.6. The van der Waals surface area contributed by atoms with Crippen LogP contribution in [0.4, 0.5) is 0 Å². The van der Waals surface area contributed by atoms with Crippen LogP contribution in [0, 0.1) is 0 Å². The van der Waals surface area contributed by atoms with Gasteiger partial charge in [0.05, 0.1) is 6.10 Å². The van der Waals surface area contributed by atoms with E-state index in [0.717, 1.165) is 19.7 Å². The van der Waals surface area contributed by atoms with Crippen molar-refractivity contribution in [3.05, 3.63) is 0 Å². The van der Waals surface area contributed by atoms with Gasteiger partial charge >= 0.3 is 0 Å². The summed E-state index contributed by atoms with van der Waals surface area (Å²) in [6.45, 7) is 2.72. The van der Waals surface area contributed by atoms with Crippen molar-refractivity contribution in [1.29, 1.82) is 0 Å². The second-order valence-corrected chi connectivity index (χ2v) is 4.35. The van der Waals surface area contributed by atoms with Crippen molar-refractivity contribution in [2.45, 2.75) is 43.7 Å². The molecule has 0 spiro atoms. The summed E-state index contributed by atoms with van der Waals surface area (Å²) >= 11 is 0. The lowest BCUT2D eigenvalue weighted by Crippen LogP contribution is -2.57. The van der Waals surface area contributed by atoms with Crippen LogP contribution in [0.25, 0.3) is 0 Å². The summed E-state index contributed by atoms with van der Waals surface area (Å²) in [6.07, 6.45) is 6.71. The van der Waals surface area contributed by atoms with E-state index in [9.17, 15) is 0 Å². The Bertz CT molecular complexity index is 157. The molecular weight excluding hydrogens is 164 g/mol. The van der Waals surface area contributed by atoms with Gasteiger partial charge in [-0.05, 0) is 32.1 Å². The molecule has 1 heterocycles. The van der Waals surface area contributed by atoms with Gasteiger partial charge in [-0.15, -0.1) is 0 Å². The van der Waals surface area contributed by atoms with Crippen LogP contribution in [0.1, 0.15) is 32.1 Å². The monoisotopic (exact) mass is 184 g/mol. The molecule has 1 unspecified atom stereocenters. The molecule has 3 heteroatoms. The summed E-state index contributed by atoms with van der Waals surface area (Å²) < 4.78 is 5.56. The van der Waals surface area contributed by atoms with E-state index in [-0.39, 0.29) is 5.54 Å². The Balaban J connectivity index is 1.71. The summed E-state index contributed by atoms with van der Waals surface area (Å²) in [5, 5.41) is 3.57. The van der Waals surface area contributed by atoms with E-state index in [4.69, 9.17) is 10.5 Å². The third kappa shape index (κ3) is 2.03. The van der Waals surface area contributed by atoms with Crippen molar-refractivity contribution in [2.75, 3.05) is 19.7 Å². The number of hydrogen-bond donors (Lipinski definition) is 2. The van der Waals surface area contributed by atoms with E-state index in [0.29, 0.717) is 6.10 Å². The highest BCUT2D eigenvalue weighted by Crippen LogP contribution is 2.30. The van der Waals surface area contributed by atoms with Gasteiger partial charge in [0.25, 0.3) is 0 Å². The average Bonchev–Trinajstić information content (AvgIpc) is 2.56. The molecule has 2 aliphatic rings. The van der Waals surface area contributed by atoms with Gasteiger partial charge in [-0.3, -0.25) is 0 Å². The number of hydrogen-bond acceptors (Lipinski definition) is 3. The molecular formula is C10H20N2O. The topological polar surface area (TPSA) is 47.3 Å². The molecule has 1 saturated heterocycles. The predicted octanol–water partition coefficient (Wildman–Crippen LogP) is 0.636. The minimum atomic E-state index is 0.270. The van der Waals surface area contributed by atoms with Crippen molar-refractivity contribution in [2.24, 2.45) is 5.73 Å². The molecule has 13 heavy (non-hydrogen) atoms. The molecule has 1 aliphatic heterocycles. The molecule has 2 rings (SSSR count). The van der Waals surface area contributed by atoms with Crippen LogP contribution in [-0.2, 0) is 4.74 Å². The van der Waals surface area contributed by atoms with Crippen molar-refractivity contribution in [3.8, 4) is 0 Å². The standard InChI is InChI=1S/C10H20N2O/c11-8-10(4-2-5-10)12-7-9-3-1-6-13-9/h9,12H,1-8,11H2. The maximum atomic E-state index is 5.75. The highest BCUT2D eigenvalue weighted by Gasteiger charge is 2.35. The molecule has 76 valence electrons. The van der Waals surface area contributed by atoms with Gasteiger partial charge in [0, 0.05) is 25.2 Å². The zero-order chi connectivity index (χ0) is 9.15. The third-order valence-corrected chi connectivity index (χ3v) is 3.43. The fourth-order valence-electron chi connectivity index (χ4n) is 2.19. The lowest BCUT2D eigenvalue weighted by atomic mass is 9.77. The number of nitrogens with one attached hydrogen (secondary N) is 1. The third-order valence-electron chi connectivity index (χ3n) is 3.43. The van der Waals surface area contributed by atoms with Gasteiger partial charge in [0.15, 0.2) is 0 Å². The summed E-state index contributed by atoms with van der Waals surface area (Å²) in [5.41, 5.74) is 6.02. The predicted molar refractivity (Wildman–Crippen MR) is 52.6 cm³/mol. The van der Waals surface area contributed by atoms with Crippen LogP contribution in [0.3, 0.4) is 0 Å². The Morgan fingerprint density at radius 1 is 1.38 bits per heavy atom.